The number of carboxylic acid groups (broad SMARTS) is 1. The van der Waals surface area contributed by atoms with Gasteiger partial charge >= 0.3 is 17.9 Å². The number of esters is 2. The molecule has 9 heteroatoms. The summed E-state index contributed by atoms with van der Waals surface area (Å²) in [6.07, 6.45) is 6.88. The van der Waals surface area contributed by atoms with Crippen LogP contribution in [-0.2, 0) is 35.2 Å². The predicted octanol–water partition coefficient (Wildman–Crippen LogP) is 9.24. The summed E-state index contributed by atoms with van der Waals surface area (Å²) in [5, 5.41) is 13.1. The number of benzene rings is 1. The summed E-state index contributed by atoms with van der Waals surface area (Å²) in [5.74, 6) is -0.879. The molecule has 304 valence electrons. The van der Waals surface area contributed by atoms with E-state index in [4.69, 9.17) is 9.47 Å². The van der Waals surface area contributed by atoms with Crippen molar-refractivity contribution in [3.05, 3.63) is 46.8 Å². The first-order chi connectivity index (χ1) is 25.5. The van der Waals surface area contributed by atoms with Gasteiger partial charge in [0.1, 0.15) is 18.0 Å². The van der Waals surface area contributed by atoms with Crippen LogP contribution in [0, 0.1) is 62.0 Å². The summed E-state index contributed by atoms with van der Waals surface area (Å²) < 4.78 is 26.0. The van der Waals surface area contributed by atoms with Crippen LogP contribution in [0.2, 0.25) is 0 Å². The van der Waals surface area contributed by atoms with Crippen LogP contribution in [0.25, 0.3) is 0 Å². The number of ether oxygens (including phenoxy) is 2. The predicted molar refractivity (Wildman–Crippen MR) is 209 cm³/mol. The molecule has 1 aromatic rings. The minimum atomic E-state index is -1.18. The number of ketones is 1. The largest absolute Gasteiger partial charge is 0.481 e. The number of allylic oxidation sites excluding steroid dienone is 1. The average molecular weight is 764 g/mol. The van der Waals surface area contributed by atoms with Gasteiger partial charge in [0.05, 0.1) is 11.8 Å². The number of hydrogen-bond donors (Lipinski definition) is 2. The maximum absolute atomic E-state index is 14.3. The normalized spacial score (nSPS) is 36.0. The van der Waals surface area contributed by atoms with Gasteiger partial charge in [-0.25, -0.2) is 4.39 Å². The smallest absolute Gasteiger partial charge is 0.309 e. The van der Waals surface area contributed by atoms with Crippen LogP contribution >= 0.6 is 0 Å². The second-order valence-electron chi connectivity index (χ2n) is 20.4. The van der Waals surface area contributed by atoms with Crippen LogP contribution in [0.4, 0.5) is 4.39 Å². The molecule has 9 atom stereocenters. The summed E-state index contributed by atoms with van der Waals surface area (Å²) in [6, 6.07) is 6.41. The Kier molecular flexibility index (Phi) is 10.9. The van der Waals surface area contributed by atoms with E-state index in [0.717, 1.165) is 62.5 Å². The zero-order chi connectivity index (χ0) is 40.5. The molecular formula is C46H66FNO7. The Morgan fingerprint density at radius 2 is 1.60 bits per heavy atom. The van der Waals surface area contributed by atoms with Crippen molar-refractivity contribution in [2.24, 2.45) is 56.2 Å². The summed E-state index contributed by atoms with van der Waals surface area (Å²) in [4.78, 5) is 51.9. The summed E-state index contributed by atoms with van der Waals surface area (Å²) in [5.41, 5.74) is 1.04. The molecule has 55 heavy (non-hydrogen) atoms. The van der Waals surface area contributed by atoms with Gasteiger partial charge < -0.3 is 19.9 Å². The molecule has 0 heterocycles. The number of Topliss-reactive ketones (excluding diaryl/α,β-unsaturated/α-hetero) is 1. The van der Waals surface area contributed by atoms with E-state index in [9.17, 15) is 28.7 Å². The van der Waals surface area contributed by atoms with E-state index in [1.54, 1.807) is 26.0 Å². The number of carbonyl (C=O) groups excluding carboxylic acids is 3. The topological polar surface area (TPSA) is 119 Å². The third-order valence-corrected chi connectivity index (χ3v) is 16.4. The zero-order valence-electron chi connectivity index (χ0n) is 35.0. The fourth-order valence-electron chi connectivity index (χ4n) is 13.4. The molecule has 5 aliphatic rings. The van der Waals surface area contributed by atoms with Crippen molar-refractivity contribution in [1.82, 2.24) is 5.32 Å². The summed E-state index contributed by atoms with van der Waals surface area (Å²) >= 11 is 0. The lowest BCUT2D eigenvalue weighted by atomic mass is 9.33. The Balaban J connectivity index is 1.30. The SMILES string of the molecule is CC(=O)O[C@H](CNCc1ccc(F)cc1)C12CC[C@]3(C)[C@H](CCC4[C@@]5(C)CC[C@H](OC(=O)CC(C)(C)C(=O)O)C(C)(C)C5CC[C@]43C)C1=C(C(C)C)C(=O)C2. The highest BCUT2D eigenvalue weighted by Gasteiger charge is 2.71. The van der Waals surface area contributed by atoms with Gasteiger partial charge in [0.25, 0.3) is 0 Å². The molecule has 6 rings (SSSR count). The Labute approximate surface area is 328 Å². The van der Waals surface area contributed by atoms with E-state index in [1.165, 1.54) is 24.6 Å². The van der Waals surface area contributed by atoms with Gasteiger partial charge in [0, 0.05) is 37.3 Å². The van der Waals surface area contributed by atoms with Crippen LogP contribution in [0.3, 0.4) is 0 Å². The standard InChI is InChI=1S/C46H66FNO7/c1-27(2)38-32(50)23-46(36(54-28(3)49)26-48-25-29-11-13-30(47)14-12-29)22-21-44(9)31(39(38)46)15-16-34-43(8)19-18-35(55-37(51)24-41(4,5)40(52)53)42(6,7)33(43)17-20-45(34,44)10/h11-14,27,31,33-36,48H,15-26H2,1-10H3,(H,52,53)/t31-,33?,34?,35+,36-,43+,44-,45-,46?/m1/s1. The molecule has 0 spiro atoms. The highest BCUT2D eigenvalue weighted by Crippen LogP contribution is 2.77. The van der Waals surface area contributed by atoms with Crippen molar-refractivity contribution >= 4 is 23.7 Å². The highest BCUT2D eigenvalue weighted by molar-refractivity contribution is 6.01. The quantitative estimate of drug-likeness (QED) is 0.214. The number of rotatable bonds is 11. The zero-order valence-corrected chi connectivity index (χ0v) is 35.0. The van der Waals surface area contributed by atoms with E-state index >= 15 is 0 Å². The fourth-order valence-corrected chi connectivity index (χ4v) is 13.4. The molecule has 2 N–H and O–H groups in total. The van der Waals surface area contributed by atoms with Crippen LogP contribution in [0.5, 0.6) is 0 Å². The minimum absolute atomic E-state index is 0.00305. The molecule has 4 saturated carbocycles. The Hall–Kier alpha value is -3.07. The van der Waals surface area contributed by atoms with Gasteiger partial charge in [0.2, 0.25) is 0 Å². The third kappa shape index (κ3) is 6.80. The van der Waals surface area contributed by atoms with Crippen molar-refractivity contribution in [2.45, 2.75) is 152 Å². The third-order valence-electron chi connectivity index (χ3n) is 16.4. The van der Waals surface area contributed by atoms with Crippen molar-refractivity contribution in [3.8, 4) is 0 Å². The molecule has 0 saturated heterocycles. The van der Waals surface area contributed by atoms with Gasteiger partial charge in [-0.1, -0.05) is 60.6 Å². The second kappa shape index (κ2) is 14.4. The first-order valence-electron chi connectivity index (χ1n) is 20.9. The molecule has 3 unspecified atom stereocenters. The summed E-state index contributed by atoms with van der Waals surface area (Å²) in [6.45, 7) is 21.8. The summed E-state index contributed by atoms with van der Waals surface area (Å²) in [7, 11) is 0. The molecule has 0 radical (unpaired) electrons. The van der Waals surface area contributed by atoms with Crippen molar-refractivity contribution in [1.29, 1.82) is 0 Å². The van der Waals surface area contributed by atoms with Crippen molar-refractivity contribution in [2.75, 3.05) is 6.54 Å². The maximum atomic E-state index is 14.3. The maximum Gasteiger partial charge on any atom is 0.309 e. The van der Waals surface area contributed by atoms with E-state index in [-0.39, 0.29) is 63.6 Å². The molecule has 0 aromatic heterocycles. The fraction of sp³-hybridized carbons (Fsp3) is 0.739. The lowest BCUT2D eigenvalue weighted by Gasteiger charge is -2.72. The number of nitrogens with one attached hydrogen (secondary N) is 1. The van der Waals surface area contributed by atoms with E-state index in [0.29, 0.717) is 31.3 Å². The van der Waals surface area contributed by atoms with Crippen molar-refractivity contribution in [3.63, 3.8) is 0 Å². The van der Waals surface area contributed by atoms with Crippen LogP contribution < -0.4 is 5.32 Å². The van der Waals surface area contributed by atoms with Gasteiger partial charge in [-0.3, -0.25) is 19.2 Å². The molecular weight excluding hydrogens is 698 g/mol. The van der Waals surface area contributed by atoms with Gasteiger partial charge in [-0.2, -0.15) is 0 Å². The van der Waals surface area contributed by atoms with Crippen LogP contribution in [-0.4, -0.2) is 47.6 Å². The number of halogens is 1. The lowest BCUT2D eigenvalue weighted by molar-refractivity contribution is -0.235. The number of carbonyl (C=O) groups is 4. The molecule has 8 nitrogen and oxygen atoms in total. The molecule has 0 aliphatic heterocycles. The minimum Gasteiger partial charge on any atom is -0.481 e. The highest BCUT2D eigenvalue weighted by atomic mass is 19.1. The molecule has 4 fully saturated rings. The van der Waals surface area contributed by atoms with E-state index in [2.05, 4.69) is 53.8 Å². The van der Waals surface area contributed by atoms with E-state index < -0.39 is 28.9 Å². The number of fused-ring (bicyclic) bond motifs is 7. The first-order valence-corrected chi connectivity index (χ1v) is 20.9. The van der Waals surface area contributed by atoms with Crippen LogP contribution in [0.1, 0.15) is 139 Å². The Morgan fingerprint density at radius 1 is 0.927 bits per heavy atom. The molecule has 5 aliphatic carbocycles. The Morgan fingerprint density at radius 3 is 2.22 bits per heavy atom. The lowest BCUT2D eigenvalue weighted by Crippen LogP contribution is -2.66. The van der Waals surface area contributed by atoms with Gasteiger partial charge in [-0.15, -0.1) is 0 Å². The number of carboxylic acids is 1. The van der Waals surface area contributed by atoms with Crippen LogP contribution in [0.15, 0.2) is 35.4 Å². The van der Waals surface area contributed by atoms with Gasteiger partial charge in [-0.05, 0) is 134 Å². The number of hydrogen-bond acceptors (Lipinski definition) is 7. The molecule has 0 bridgehead atoms. The van der Waals surface area contributed by atoms with E-state index in [1.807, 2.05) is 0 Å². The van der Waals surface area contributed by atoms with Gasteiger partial charge in [0.15, 0.2) is 5.78 Å². The molecule has 0 amide bonds. The monoisotopic (exact) mass is 763 g/mol. The molecule has 1 aromatic carbocycles. The first kappa shape index (κ1) is 41.6. The number of aliphatic carboxylic acids is 1. The van der Waals surface area contributed by atoms with Crippen molar-refractivity contribution < 1.29 is 38.1 Å². The second-order valence-corrected chi connectivity index (χ2v) is 20.4. The Bertz CT molecular complexity index is 1730. The average Bonchev–Trinajstić information content (AvgIpc) is 3.39.